The molecule has 1 aliphatic carbocycles. The van der Waals surface area contributed by atoms with Crippen LogP contribution in [-0.2, 0) is 4.79 Å². The van der Waals surface area contributed by atoms with Gasteiger partial charge in [0.05, 0.1) is 0 Å². The van der Waals surface area contributed by atoms with Gasteiger partial charge in [0.25, 0.3) is 0 Å². The lowest BCUT2D eigenvalue weighted by molar-refractivity contribution is -0.125. The van der Waals surface area contributed by atoms with E-state index in [1.54, 1.807) is 19.1 Å². The number of carbonyl (C=O) groups excluding carboxylic acids is 1. The minimum absolute atomic E-state index is 0.382. The normalized spacial score (nSPS) is 31.5. The molecule has 2 N–H and O–H groups in total. The Morgan fingerprint density at radius 2 is 2.18 bits per heavy atom. The molecule has 0 heterocycles. The Labute approximate surface area is 64.7 Å². The lowest BCUT2D eigenvalue weighted by Crippen LogP contribution is -2.26. The van der Waals surface area contributed by atoms with Crippen LogP contribution in [0.4, 0.5) is 0 Å². The summed E-state index contributed by atoms with van der Waals surface area (Å²) in [6, 6.07) is 0. The van der Waals surface area contributed by atoms with Gasteiger partial charge in [-0.2, -0.15) is 0 Å². The number of Topliss-reactive ketones (excluding diaryl/α,β-unsaturated/α-hetero) is 1. The molecule has 3 heteroatoms. The molecule has 11 heavy (non-hydrogen) atoms. The molecule has 60 valence electrons. The van der Waals surface area contributed by atoms with E-state index < -0.39 is 18.0 Å². The molecule has 0 radical (unpaired) electrons. The van der Waals surface area contributed by atoms with Crippen LogP contribution in [0.5, 0.6) is 0 Å². The van der Waals surface area contributed by atoms with E-state index in [9.17, 15) is 4.79 Å². The third-order valence-corrected chi connectivity index (χ3v) is 1.57. The Kier molecular flexibility index (Phi) is 2.22. The minimum Gasteiger partial charge on any atom is -0.386 e. The smallest absolute Gasteiger partial charge is 0.194 e. The number of hydrogen-bond donors (Lipinski definition) is 2. The number of rotatable bonds is 1. The number of hydrogen-bond acceptors (Lipinski definition) is 3. The van der Waals surface area contributed by atoms with Crippen LogP contribution in [-0.4, -0.2) is 28.2 Å². The van der Waals surface area contributed by atoms with E-state index in [4.69, 9.17) is 10.2 Å². The van der Waals surface area contributed by atoms with Gasteiger partial charge in [-0.1, -0.05) is 12.2 Å². The molecule has 0 aromatic carbocycles. The van der Waals surface area contributed by atoms with Gasteiger partial charge >= 0.3 is 0 Å². The molecule has 0 spiro atoms. The summed E-state index contributed by atoms with van der Waals surface area (Å²) in [5.74, 6) is -0.407. The number of aliphatic hydroxyl groups is 2. The Hall–Kier alpha value is -0.930. The van der Waals surface area contributed by atoms with Gasteiger partial charge < -0.3 is 10.2 Å². The first-order chi connectivity index (χ1) is 5.16. The van der Waals surface area contributed by atoms with Gasteiger partial charge in [0.2, 0.25) is 0 Å². The van der Waals surface area contributed by atoms with Crippen molar-refractivity contribution in [2.45, 2.75) is 19.1 Å². The van der Waals surface area contributed by atoms with Gasteiger partial charge in [-0.3, -0.25) is 4.79 Å². The van der Waals surface area contributed by atoms with Crippen molar-refractivity contribution in [3.63, 3.8) is 0 Å². The fraction of sp³-hybridized carbons (Fsp3) is 0.375. The molecule has 0 aliphatic heterocycles. The molecule has 3 nitrogen and oxygen atoms in total. The molecule has 0 bridgehead atoms. The van der Waals surface area contributed by atoms with Crippen LogP contribution < -0.4 is 0 Å². The van der Waals surface area contributed by atoms with Gasteiger partial charge in [0, 0.05) is 5.57 Å². The molecule has 1 rings (SSSR count). The second-order valence-corrected chi connectivity index (χ2v) is 2.42. The van der Waals surface area contributed by atoms with Gasteiger partial charge in [0.15, 0.2) is 5.78 Å². The molecule has 1 aliphatic rings. The fourth-order valence-corrected chi connectivity index (χ4v) is 1.00. The summed E-state index contributed by atoms with van der Waals surface area (Å²) < 4.78 is 0. The largest absolute Gasteiger partial charge is 0.386 e. The first-order valence-corrected chi connectivity index (χ1v) is 3.41. The molecule has 0 fully saturated rings. The summed E-state index contributed by atoms with van der Waals surface area (Å²) in [6.07, 6.45) is 2.32. The standard InChI is InChI=1S/C8H10O3/c1-2-3-5-4-6(9)8(11)7(5)10/h2-4,6,8-9,11H,1H3/b3-2+/t6-,8-/m0/s1. The van der Waals surface area contributed by atoms with E-state index in [0.29, 0.717) is 5.57 Å². The quantitative estimate of drug-likeness (QED) is 0.549. The number of allylic oxidation sites excluding steroid dienone is 2. The van der Waals surface area contributed by atoms with Crippen molar-refractivity contribution in [2.24, 2.45) is 0 Å². The van der Waals surface area contributed by atoms with Crippen molar-refractivity contribution >= 4 is 5.78 Å². The highest BCUT2D eigenvalue weighted by Crippen LogP contribution is 2.16. The van der Waals surface area contributed by atoms with Crippen LogP contribution in [0.2, 0.25) is 0 Å². The topological polar surface area (TPSA) is 57.5 Å². The molecular formula is C8H10O3. The van der Waals surface area contributed by atoms with Crippen molar-refractivity contribution in [1.82, 2.24) is 0 Å². The van der Waals surface area contributed by atoms with E-state index in [1.807, 2.05) is 0 Å². The summed E-state index contributed by atoms with van der Waals surface area (Å²) in [7, 11) is 0. The maximum atomic E-state index is 11.0. The minimum atomic E-state index is -1.26. The van der Waals surface area contributed by atoms with E-state index in [1.165, 1.54) is 6.08 Å². The first kappa shape index (κ1) is 8.17. The van der Waals surface area contributed by atoms with E-state index >= 15 is 0 Å². The third-order valence-electron chi connectivity index (χ3n) is 1.57. The molecule has 0 aromatic heterocycles. The third kappa shape index (κ3) is 1.39. The van der Waals surface area contributed by atoms with Gasteiger partial charge in [-0.25, -0.2) is 0 Å². The highest BCUT2D eigenvalue weighted by molar-refractivity contribution is 6.04. The van der Waals surface area contributed by atoms with E-state index in [-0.39, 0.29) is 0 Å². The van der Waals surface area contributed by atoms with Crippen molar-refractivity contribution in [2.75, 3.05) is 0 Å². The van der Waals surface area contributed by atoms with Crippen molar-refractivity contribution in [3.05, 3.63) is 23.8 Å². The molecular weight excluding hydrogens is 144 g/mol. The molecule has 0 unspecified atom stereocenters. The van der Waals surface area contributed by atoms with Crippen molar-refractivity contribution in [1.29, 1.82) is 0 Å². The van der Waals surface area contributed by atoms with E-state index in [2.05, 4.69) is 0 Å². The Balaban J connectivity index is 2.83. The molecule has 0 saturated carbocycles. The average Bonchev–Trinajstić information content (AvgIpc) is 2.19. The summed E-state index contributed by atoms with van der Waals surface area (Å²) in [5, 5.41) is 18.0. The predicted octanol–water partition coefficient (Wildman–Crippen LogP) is -0.207. The maximum absolute atomic E-state index is 11.0. The second kappa shape index (κ2) is 2.98. The molecule has 0 aromatic rings. The predicted molar refractivity (Wildman–Crippen MR) is 39.9 cm³/mol. The zero-order chi connectivity index (χ0) is 8.43. The fourth-order valence-electron chi connectivity index (χ4n) is 1.00. The molecule has 0 amide bonds. The average molecular weight is 154 g/mol. The zero-order valence-electron chi connectivity index (χ0n) is 6.19. The zero-order valence-corrected chi connectivity index (χ0v) is 6.19. The van der Waals surface area contributed by atoms with Crippen LogP contribution in [0.3, 0.4) is 0 Å². The number of ketones is 1. The summed E-state index contributed by atoms with van der Waals surface area (Å²) in [4.78, 5) is 11.0. The highest BCUT2D eigenvalue weighted by atomic mass is 16.3. The lowest BCUT2D eigenvalue weighted by atomic mass is 10.2. The Morgan fingerprint density at radius 1 is 1.55 bits per heavy atom. The second-order valence-electron chi connectivity index (χ2n) is 2.42. The summed E-state index contributed by atoms with van der Waals surface area (Å²) >= 11 is 0. The Bertz CT molecular complexity index is 227. The highest BCUT2D eigenvalue weighted by Gasteiger charge is 2.31. The van der Waals surface area contributed by atoms with Crippen LogP contribution in [0, 0.1) is 0 Å². The maximum Gasteiger partial charge on any atom is 0.194 e. The Morgan fingerprint density at radius 3 is 2.55 bits per heavy atom. The van der Waals surface area contributed by atoms with Crippen LogP contribution in [0.15, 0.2) is 23.8 Å². The van der Waals surface area contributed by atoms with Gasteiger partial charge in [-0.05, 0) is 13.0 Å². The van der Waals surface area contributed by atoms with Crippen LogP contribution in [0.1, 0.15) is 6.92 Å². The lowest BCUT2D eigenvalue weighted by Gasteiger charge is -2.02. The molecule has 0 saturated heterocycles. The SMILES string of the molecule is C/C=C/C1=C[C@H](O)[C@H](O)C1=O. The van der Waals surface area contributed by atoms with E-state index in [0.717, 1.165) is 0 Å². The van der Waals surface area contributed by atoms with Gasteiger partial charge in [-0.15, -0.1) is 0 Å². The number of carbonyl (C=O) groups is 1. The first-order valence-electron chi connectivity index (χ1n) is 3.41. The monoisotopic (exact) mass is 154 g/mol. The number of aliphatic hydroxyl groups excluding tert-OH is 2. The molecule has 2 atom stereocenters. The van der Waals surface area contributed by atoms with Crippen LogP contribution >= 0.6 is 0 Å². The van der Waals surface area contributed by atoms with Crippen molar-refractivity contribution in [3.8, 4) is 0 Å². The summed E-state index contributed by atoms with van der Waals surface area (Å²) in [6.45, 7) is 1.77. The van der Waals surface area contributed by atoms with Crippen molar-refractivity contribution < 1.29 is 15.0 Å². The van der Waals surface area contributed by atoms with Crippen LogP contribution in [0.25, 0.3) is 0 Å². The van der Waals surface area contributed by atoms with Gasteiger partial charge in [0.1, 0.15) is 12.2 Å². The summed E-state index contributed by atoms with van der Waals surface area (Å²) in [5.41, 5.74) is 0.382.